The van der Waals surface area contributed by atoms with Crippen molar-refractivity contribution < 1.29 is 4.74 Å². The Morgan fingerprint density at radius 2 is 1.69 bits per heavy atom. The number of nitrogens with two attached hydrogens (primary N) is 1. The molecule has 4 rings (SSSR count). The maximum Gasteiger partial charge on any atom is 0.124 e. The van der Waals surface area contributed by atoms with Gasteiger partial charge in [-0.05, 0) is 41.3 Å². The maximum absolute atomic E-state index is 6.11. The van der Waals surface area contributed by atoms with E-state index in [0.29, 0.717) is 6.61 Å². The summed E-state index contributed by atoms with van der Waals surface area (Å²) in [5.74, 6) is 0.972. The van der Waals surface area contributed by atoms with Crippen LogP contribution in [0.15, 0.2) is 72.8 Å². The van der Waals surface area contributed by atoms with Gasteiger partial charge in [0.05, 0.1) is 0 Å². The zero-order valence-corrected chi connectivity index (χ0v) is 14.9. The van der Waals surface area contributed by atoms with Gasteiger partial charge in [-0.2, -0.15) is 0 Å². The van der Waals surface area contributed by atoms with E-state index in [1.54, 1.807) is 0 Å². The predicted octanol–water partition coefficient (Wildman–Crippen LogP) is 4.41. The first-order chi connectivity index (χ1) is 12.8. The Balaban J connectivity index is 1.44. The molecule has 3 heteroatoms. The SMILES string of the molecule is Nc1ccc2c(c1)CCN(Cc1ccccc1OCc1ccccc1)C2. The summed E-state index contributed by atoms with van der Waals surface area (Å²) in [5, 5.41) is 0. The van der Waals surface area contributed by atoms with Crippen molar-refractivity contribution in [1.29, 1.82) is 0 Å². The van der Waals surface area contributed by atoms with Crippen LogP contribution in [0.4, 0.5) is 5.69 Å². The number of para-hydroxylation sites is 1. The van der Waals surface area contributed by atoms with E-state index in [-0.39, 0.29) is 0 Å². The van der Waals surface area contributed by atoms with Crippen molar-refractivity contribution >= 4 is 5.69 Å². The number of hydrogen-bond acceptors (Lipinski definition) is 3. The quantitative estimate of drug-likeness (QED) is 0.697. The number of hydrogen-bond donors (Lipinski definition) is 1. The fourth-order valence-electron chi connectivity index (χ4n) is 3.52. The minimum Gasteiger partial charge on any atom is -0.489 e. The number of anilines is 1. The molecule has 26 heavy (non-hydrogen) atoms. The summed E-state index contributed by atoms with van der Waals surface area (Å²) in [5.41, 5.74) is 12.0. The van der Waals surface area contributed by atoms with E-state index in [1.165, 1.54) is 22.3 Å². The molecule has 0 saturated heterocycles. The summed E-state index contributed by atoms with van der Waals surface area (Å²) < 4.78 is 6.11. The van der Waals surface area contributed by atoms with Crippen LogP contribution in [0.5, 0.6) is 5.75 Å². The van der Waals surface area contributed by atoms with Crippen molar-refractivity contribution in [3.63, 3.8) is 0 Å². The van der Waals surface area contributed by atoms with Crippen molar-refractivity contribution in [2.45, 2.75) is 26.1 Å². The highest BCUT2D eigenvalue weighted by atomic mass is 16.5. The highest BCUT2D eigenvalue weighted by molar-refractivity contribution is 5.45. The lowest BCUT2D eigenvalue weighted by Crippen LogP contribution is -2.30. The molecule has 3 aromatic rings. The Kier molecular flexibility index (Phi) is 4.89. The molecule has 0 aliphatic carbocycles. The van der Waals surface area contributed by atoms with Crippen LogP contribution in [-0.4, -0.2) is 11.4 Å². The third kappa shape index (κ3) is 3.89. The molecule has 0 radical (unpaired) electrons. The molecule has 3 nitrogen and oxygen atoms in total. The van der Waals surface area contributed by atoms with E-state index in [2.05, 4.69) is 47.4 Å². The number of nitrogen functional groups attached to an aromatic ring is 1. The molecule has 2 N–H and O–H groups in total. The van der Waals surface area contributed by atoms with Crippen LogP contribution in [0.2, 0.25) is 0 Å². The molecule has 0 bridgehead atoms. The normalized spacial score (nSPS) is 14.0. The van der Waals surface area contributed by atoms with E-state index in [4.69, 9.17) is 10.5 Å². The van der Waals surface area contributed by atoms with Crippen molar-refractivity contribution in [3.8, 4) is 5.75 Å². The van der Waals surface area contributed by atoms with E-state index >= 15 is 0 Å². The smallest absolute Gasteiger partial charge is 0.124 e. The summed E-state index contributed by atoms with van der Waals surface area (Å²) in [6.45, 7) is 3.50. The first-order valence-corrected chi connectivity index (χ1v) is 9.12. The van der Waals surface area contributed by atoms with Crippen LogP contribution >= 0.6 is 0 Å². The lowest BCUT2D eigenvalue weighted by atomic mass is 9.98. The minimum absolute atomic E-state index is 0.597. The van der Waals surface area contributed by atoms with Gasteiger partial charge < -0.3 is 10.5 Å². The molecule has 0 fully saturated rings. The molecule has 0 spiro atoms. The van der Waals surface area contributed by atoms with Gasteiger partial charge in [-0.1, -0.05) is 54.6 Å². The molecule has 0 atom stereocenters. The lowest BCUT2D eigenvalue weighted by molar-refractivity contribution is 0.236. The monoisotopic (exact) mass is 344 g/mol. The van der Waals surface area contributed by atoms with Crippen LogP contribution in [-0.2, 0) is 26.1 Å². The Hall–Kier alpha value is -2.78. The second-order valence-corrected chi connectivity index (χ2v) is 6.87. The van der Waals surface area contributed by atoms with Crippen LogP contribution < -0.4 is 10.5 Å². The molecular weight excluding hydrogens is 320 g/mol. The second kappa shape index (κ2) is 7.63. The zero-order valence-electron chi connectivity index (χ0n) is 14.9. The van der Waals surface area contributed by atoms with Crippen LogP contribution in [0.1, 0.15) is 22.3 Å². The van der Waals surface area contributed by atoms with Gasteiger partial charge in [-0.3, -0.25) is 4.90 Å². The molecule has 1 aliphatic rings. The van der Waals surface area contributed by atoms with E-state index in [1.807, 2.05) is 30.3 Å². The summed E-state index contributed by atoms with van der Waals surface area (Å²) in [6.07, 6.45) is 1.05. The molecule has 0 saturated carbocycles. The Morgan fingerprint density at radius 1 is 0.885 bits per heavy atom. The van der Waals surface area contributed by atoms with Crippen LogP contribution in [0.3, 0.4) is 0 Å². The molecule has 0 unspecified atom stereocenters. The van der Waals surface area contributed by atoms with Gasteiger partial charge in [0.15, 0.2) is 0 Å². The third-order valence-electron chi connectivity index (χ3n) is 4.93. The zero-order chi connectivity index (χ0) is 17.8. The predicted molar refractivity (Wildman–Crippen MR) is 106 cm³/mol. The Morgan fingerprint density at radius 3 is 2.58 bits per heavy atom. The molecular formula is C23H24N2O. The van der Waals surface area contributed by atoms with E-state index < -0.39 is 0 Å². The maximum atomic E-state index is 6.11. The number of fused-ring (bicyclic) bond motifs is 1. The van der Waals surface area contributed by atoms with Crippen LogP contribution in [0.25, 0.3) is 0 Å². The van der Waals surface area contributed by atoms with Gasteiger partial charge in [0, 0.05) is 30.9 Å². The standard InChI is InChI=1S/C23H24N2O/c24-22-11-10-20-15-25(13-12-19(20)14-22)16-21-8-4-5-9-23(21)26-17-18-6-2-1-3-7-18/h1-11,14H,12-13,15-17,24H2. The summed E-state index contributed by atoms with van der Waals surface area (Å²) in [7, 11) is 0. The van der Waals surface area contributed by atoms with Gasteiger partial charge in [-0.15, -0.1) is 0 Å². The van der Waals surface area contributed by atoms with Gasteiger partial charge in [0.2, 0.25) is 0 Å². The number of nitrogens with zero attached hydrogens (tertiary/aromatic N) is 1. The lowest BCUT2D eigenvalue weighted by Gasteiger charge is -2.29. The highest BCUT2D eigenvalue weighted by Gasteiger charge is 2.17. The highest BCUT2D eigenvalue weighted by Crippen LogP contribution is 2.26. The fraction of sp³-hybridized carbons (Fsp3) is 0.217. The molecule has 1 heterocycles. The van der Waals surface area contributed by atoms with E-state index in [0.717, 1.165) is 37.5 Å². The van der Waals surface area contributed by atoms with Crippen LogP contribution in [0, 0.1) is 0 Å². The van der Waals surface area contributed by atoms with Crippen molar-refractivity contribution in [1.82, 2.24) is 4.90 Å². The molecule has 0 amide bonds. The Labute approximate surface area is 155 Å². The topological polar surface area (TPSA) is 38.5 Å². The number of benzene rings is 3. The van der Waals surface area contributed by atoms with Gasteiger partial charge >= 0.3 is 0 Å². The van der Waals surface area contributed by atoms with Crippen molar-refractivity contribution in [2.75, 3.05) is 12.3 Å². The first-order valence-electron chi connectivity index (χ1n) is 9.12. The minimum atomic E-state index is 0.597. The van der Waals surface area contributed by atoms with Gasteiger partial charge in [0.1, 0.15) is 12.4 Å². The van der Waals surface area contributed by atoms with Crippen molar-refractivity contribution in [3.05, 3.63) is 95.1 Å². The Bertz CT molecular complexity index is 876. The number of rotatable bonds is 5. The number of ether oxygens (including phenoxy) is 1. The first kappa shape index (κ1) is 16.7. The fourth-order valence-corrected chi connectivity index (χ4v) is 3.52. The summed E-state index contributed by atoms with van der Waals surface area (Å²) in [4.78, 5) is 2.48. The molecule has 132 valence electrons. The van der Waals surface area contributed by atoms with E-state index in [9.17, 15) is 0 Å². The average molecular weight is 344 g/mol. The largest absolute Gasteiger partial charge is 0.489 e. The average Bonchev–Trinajstić information content (AvgIpc) is 2.68. The molecule has 0 aromatic heterocycles. The van der Waals surface area contributed by atoms with Crippen molar-refractivity contribution in [2.24, 2.45) is 0 Å². The summed E-state index contributed by atoms with van der Waals surface area (Å²) in [6, 6.07) is 24.9. The molecule has 1 aliphatic heterocycles. The molecule has 3 aromatic carbocycles. The van der Waals surface area contributed by atoms with Gasteiger partial charge in [-0.25, -0.2) is 0 Å². The third-order valence-corrected chi connectivity index (χ3v) is 4.93. The second-order valence-electron chi connectivity index (χ2n) is 6.87. The van der Waals surface area contributed by atoms with Gasteiger partial charge in [0.25, 0.3) is 0 Å². The summed E-state index contributed by atoms with van der Waals surface area (Å²) >= 11 is 0.